The highest BCUT2D eigenvalue weighted by molar-refractivity contribution is 5.93. The molecule has 0 saturated carbocycles. The molecule has 0 radical (unpaired) electrons. The first-order chi connectivity index (χ1) is 10.1. The van der Waals surface area contributed by atoms with Crippen molar-refractivity contribution >= 4 is 5.91 Å². The van der Waals surface area contributed by atoms with Gasteiger partial charge in [-0.1, -0.05) is 13.8 Å². The summed E-state index contributed by atoms with van der Waals surface area (Å²) in [5.41, 5.74) is 1.81. The van der Waals surface area contributed by atoms with Gasteiger partial charge in [0.05, 0.1) is 5.69 Å². The lowest BCUT2D eigenvalue weighted by Crippen LogP contribution is -2.54. The Morgan fingerprint density at radius 3 is 2.62 bits per heavy atom. The van der Waals surface area contributed by atoms with Crippen molar-refractivity contribution in [2.75, 3.05) is 13.1 Å². The molecule has 5 heteroatoms. The smallest absolute Gasteiger partial charge is 0.272 e. The fourth-order valence-electron chi connectivity index (χ4n) is 3.64. The molecule has 1 aromatic rings. The molecule has 5 nitrogen and oxygen atoms in total. The highest BCUT2D eigenvalue weighted by Crippen LogP contribution is 2.28. The summed E-state index contributed by atoms with van der Waals surface area (Å²) in [7, 11) is 0. The first-order valence-corrected chi connectivity index (χ1v) is 8.20. The minimum atomic E-state index is 0.174. The van der Waals surface area contributed by atoms with Crippen LogP contribution in [0.15, 0.2) is 6.07 Å². The van der Waals surface area contributed by atoms with Crippen LogP contribution in [-0.2, 0) is 13.0 Å². The SMILES string of the molecule is CCn1nc(CC(C)C)cc1C(=O)N1C2CCC1CNC2. The number of fused-ring (bicyclic) bond motifs is 2. The van der Waals surface area contributed by atoms with Gasteiger partial charge in [0.25, 0.3) is 5.91 Å². The molecular weight excluding hydrogens is 264 g/mol. The van der Waals surface area contributed by atoms with Gasteiger partial charge < -0.3 is 10.2 Å². The molecule has 2 fully saturated rings. The first-order valence-electron chi connectivity index (χ1n) is 8.20. The molecule has 116 valence electrons. The number of aryl methyl sites for hydroxylation is 1. The van der Waals surface area contributed by atoms with Gasteiger partial charge in [-0.15, -0.1) is 0 Å². The summed E-state index contributed by atoms with van der Waals surface area (Å²) in [4.78, 5) is 15.1. The zero-order chi connectivity index (χ0) is 15.0. The summed E-state index contributed by atoms with van der Waals surface area (Å²) in [6.45, 7) is 9.03. The van der Waals surface area contributed by atoms with E-state index in [4.69, 9.17) is 0 Å². The molecule has 2 aliphatic rings. The van der Waals surface area contributed by atoms with Crippen LogP contribution >= 0.6 is 0 Å². The predicted molar refractivity (Wildman–Crippen MR) is 82.3 cm³/mol. The normalized spacial score (nSPS) is 24.9. The summed E-state index contributed by atoms with van der Waals surface area (Å²) in [6, 6.07) is 2.74. The second kappa shape index (κ2) is 5.79. The van der Waals surface area contributed by atoms with Gasteiger partial charge in [0.1, 0.15) is 5.69 Å². The average molecular weight is 290 g/mol. The van der Waals surface area contributed by atoms with E-state index in [-0.39, 0.29) is 5.91 Å². The van der Waals surface area contributed by atoms with Crippen LogP contribution in [0.5, 0.6) is 0 Å². The first kappa shape index (κ1) is 14.6. The molecule has 0 aromatic carbocycles. The Kier molecular flexibility index (Phi) is 4.02. The lowest BCUT2D eigenvalue weighted by atomic mass is 10.1. The van der Waals surface area contributed by atoms with Gasteiger partial charge in [-0.25, -0.2) is 0 Å². The second-order valence-corrected chi connectivity index (χ2v) is 6.69. The van der Waals surface area contributed by atoms with Crippen molar-refractivity contribution in [3.8, 4) is 0 Å². The Morgan fingerprint density at radius 2 is 2.05 bits per heavy atom. The Balaban J connectivity index is 1.85. The predicted octanol–water partition coefficient (Wildman–Crippen LogP) is 1.68. The number of nitrogens with one attached hydrogen (secondary N) is 1. The van der Waals surface area contributed by atoms with Crippen molar-refractivity contribution in [1.29, 1.82) is 0 Å². The molecule has 1 aromatic heterocycles. The number of aromatic nitrogens is 2. The minimum absolute atomic E-state index is 0.174. The van der Waals surface area contributed by atoms with Crippen molar-refractivity contribution in [1.82, 2.24) is 20.0 Å². The topological polar surface area (TPSA) is 50.2 Å². The second-order valence-electron chi connectivity index (χ2n) is 6.69. The maximum Gasteiger partial charge on any atom is 0.272 e. The van der Waals surface area contributed by atoms with E-state index in [1.807, 2.05) is 10.7 Å². The maximum absolute atomic E-state index is 13.0. The lowest BCUT2D eigenvalue weighted by Gasteiger charge is -2.35. The van der Waals surface area contributed by atoms with E-state index in [2.05, 4.69) is 36.1 Å². The third kappa shape index (κ3) is 2.71. The summed E-state index contributed by atoms with van der Waals surface area (Å²) in [6.07, 6.45) is 3.19. The number of nitrogens with zero attached hydrogens (tertiary/aromatic N) is 3. The highest BCUT2D eigenvalue weighted by Gasteiger charge is 2.40. The Hall–Kier alpha value is -1.36. The van der Waals surface area contributed by atoms with Crippen LogP contribution in [-0.4, -0.2) is 45.8 Å². The minimum Gasteiger partial charge on any atom is -0.329 e. The fraction of sp³-hybridized carbons (Fsp3) is 0.750. The Labute approximate surface area is 126 Å². The van der Waals surface area contributed by atoms with Crippen molar-refractivity contribution in [3.63, 3.8) is 0 Å². The number of carbonyl (C=O) groups excluding carboxylic acids is 1. The molecular formula is C16H26N4O. The molecule has 1 amide bonds. The van der Waals surface area contributed by atoms with Crippen molar-refractivity contribution < 1.29 is 4.79 Å². The Morgan fingerprint density at radius 1 is 1.38 bits per heavy atom. The van der Waals surface area contributed by atoms with E-state index in [0.717, 1.165) is 50.3 Å². The van der Waals surface area contributed by atoms with Gasteiger partial charge in [0.15, 0.2) is 0 Å². The van der Waals surface area contributed by atoms with E-state index in [0.29, 0.717) is 18.0 Å². The van der Waals surface area contributed by atoms with Crippen molar-refractivity contribution in [2.24, 2.45) is 5.92 Å². The molecule has 2 unspecified atom stereocenters. The number of amides is 1. The third-order valence-electron chi connectivity index (χ3n) is 4.58. The number of hydrogen-bond donors (Lipinski definition) is 1. The van der Waals surface area contributed by atoms with Crippen LogP contribution in [0.25, 0.3) is 0 Å². The van der Waals surface area contributed by atoms with Gasteiger partial charge in [-0.3, -0.25) is 9.48 Å². The van der Waals surface area contributed by atoms with Gasteiger partial charge >= 0.3 is 0 Å². The fourth-order valence-corrected chi connectivity index (χ4v) is 3.64. The van der Waals surface area contributed by atoms with Crippen molar-refractivity contribution in [3.05, 3.63) is 17.5 Å². The number of carbonyl (C=O) groups is 1. The van der Waals surface area contributed by atoms with E-state index in [1.165, 1.54) is 0 Å². The van der Waals surface area contributed by atoms with Crippen LogP contribution in [0.1, 0.15) is 49.8 Å². The summed E-state index contributed by atoms with van der Waals surface area (Å²) in [5.74, 6) is 0.733. The molecule has 3 rings (SSSR count). The molecule has 2 saturated heterocycles. The standard InChI is InChI=1S/C16H26N4O/c1-4-19-15(8-12(18-19)7-11(2)3)16(21)20-13-5-6-14(20)10-17-9-13/h8,11,13-14,17H,4-7,9-10H2,1-3H3. The van der Waals surface area contributed by atoms with Crippen LogP contribution in [0.3, 0.4) is 0 Å². The average Bonchev–Trinajstić information content (AvgIpc) is 2.96. The largest absolute Gasteiger partial charge is 0.329 e. The zero-order valence-electron chi connectivity index (χ0n) is 13.3. The summed E-state index contributed by atoms with van der Waals surface area (Å²) >= 11 is 0. The van der Waals surface area contributed by atoms with Crippen LogP contribution in [0.4, 0.5) is 0 Å². The van der Waals surface area contributed by atoms with Gasteiger partial charge in [0, 0.05) is 31.7 Å². The molecule has 2 bridgehead atoms. The van der Waals surface area contributed by atoms with Gasteiger partial charge in [0.2, 0.25) is 0 Å². The van der Waals surface area contributed by atoms with Gasteiger partial charge in [-0.05, 0) is 38.2 Å². The lowest BCUT2D eigenvalue weighted by molar-refractivity contribution is 0.0606. The monoisotopic (exact) mass is 290 g/mol. The Bertz CT molecular complexity index is 506. The molecule has 2 aliphatic heterocycles. The number of piperazine rings is 1. The molecule has 3 heterocycles. The van der Waals surface area contributed by atoms with E-state index < -0.39 is 0 Å². The molecule has 1 N–H and O–H groups in total. The molecule has 2 atom stereocenters. The summed E-state index contributed by atoms with van der Waals surface area (Å²) in [5, 5.41) is 8.04. The number of rotatable bonds is 4. The quantitative estimate of drug-likeness (QED) is 0.918. The molecule has 21 heavy (non-hydrogen) atoms. The maximum atomic E-state index is 13.0. The van der Waals surface area contributed by atoms with Crippen LogP contribution < -0.4 is 5.32 Å². The van der Waals surface area contributed by atoms with Gasteiger partial charge in [-0.2, -0.15) is 5.10 Å². The van der Waals surface area contributed by atoms with E-state index >= 15 is 0 Å². The van der Waals surface area contributed by atoms with Crippen LogP contribution in [0.2, 0.25) is 0 Å². The van der Waals surface area contributed by atoms with E-state index in [9.17, 15) is 4.79 Å². The molecule has 0 spiro atoms. The van der Waals surface area contributed by atoms with E-state index in [1.54, 1.807) is 0 Å². The van der Waals surface area contributed by atoms with Crippen molar-refractivity contribution in [2.45, 2.75) is 58.7 Å². The molecule has 0 aliphatic carbocycles. The van der Waals surface area contributed by atoms with Crippen LogP contribution in [0, 0.1) is 5.92 Å². The third-order valence-corrected chi connectivity index (χ3v) is 4.58. The zero-order valence-corrected chi connectivity index (χ0v) is 13.3. The summed E-state index contributed by atoms with van der Waals surface area (Å²) < 4.78 is 1.88. The number of hydrogen-bond acceptors (Lipinski definition) is 3. The highest BCUT2D eigenvalue weighted by atomic mass is 16.2.